The molecule has 0 atom stereocenters. The van der Waals surface area contributed by atoms with Gasteiger partial charge in [-0.3, -0.25) is 10.1 Å². The van der Waals surface area contributed by atoms with Crippen LogP contribution in [0.15, 0.2) is 24.3 Å². The average Bonchev–Trinajstić information content (AvgIpc) is 2.41. The van der Waals surface area contributed by atoms with E-state index in [2.05, 4.69) is 26.5 Å². The molecular weight excluding hydrogens is 250 g/mol. The van der Waals surface area contributed by atoms with Crippen molar-refractivity contribution in [2.45, 2.75) is 26.7 Å². The summed E-state index contributed by atoms with van der Waals surface area (Å²) in [4.78, 5) is 10.4. The van der Waals surface area contributed by atoms with E-state index in [1.807, 2.05) is 0 Å². The van der Waals surface area contributed by atoms with Gasteiger partial charge in [0.2, 0.25) is 0 Å². The third-order valence-electron chi connectivity index (χ3n) is 3.43. The van der Waals surface area contributed by atoms with Gasteiger partial charge in [0.15, 0.2) is 5.75 Å². The maximum Gasteiger partial charge on any atom is 0.310 e. The standard InChI is InChI=1S/C13H19NO3S/c1-3-13(4-2,10-18)9-17-12-8-6-5-7-11(12)14(15)16/h5-8,18H,3-4,9-10H2,1-2H3. The fraction of sp³-hybridized carbons (Fsp3) is 0.538. The molecule has 18 heavy (non-hydrogen) atoms. The van der Waals surface area contributed by atoms with Crippen LogP contribution in [0.2, 0.25) is 0 Å². The fourth-order valence-electron chi connectivity index (χ4n) is 1.68. The van der Waals surface area contributed by atoms with Crippen LogP contribution in [0.25, 0.3) is 0 Å². The lowest BCUT2D eigenvalue weighted by atomic mass is 9.85. The molecule has 0 aliphatic rings. The van der Waals surface area contributed by atoms with Crippen LogP contribution in [-0.2, 0) is 0 Å². The first-order chi connectivity index (χ1) is 8.58. The first-order valence-corrected chi connectivity index (χ1v) is 6.69. The summed E-state index contributed by atoms with van der Waals surface area (Å²) in [5.74, 6) is 1.04. The smallest absolute Gasteiger partial charge is 0.310 e. The molecule has 4 nitrogen and oxygen atoms in total. The number of para-hydroxylation sites is 2. The Hall–Kier alpha value is -1.23. The molecule has 5 heteroatoms. The number of ether oxygens (including phenoxy) is 1. The number of benzene rings is 1. The molecule has 0 aliphatic heterocycles. The molecular formula is C13H19NO3S. The predicted molar refractivity (Wildman–Crippen MR) is 75.5 cm³/mol. The number of nitrogens with zero attached hydrogens (tertiary/aromatic N) is 1. The number of nitro benzene ring substituents is 1. The molecule has 0 saturated heterocycles. The summed E-state index contributed by atoms with van der Waals surface area (Å²) < 4.78 is 5.65. The van der Waals surface area contributed by atoms with Crippen LogP contribution < -0.4 is 4.74 Å². The van der Waals surface area contributed by atoms with Gasteiger partial charge < -0.3 is 4.74 Å². The van der Waals surface area contributed by atoms with E-state index in [1.165, 1.54) is 6.07 Å². The normalized spacial score (nSPS) is 11.3. The van der Waals surface area contributed by atoms with Crippen LogP contribution in [0, 0.1) is 15.5 Å². The average molecular weight is 269 g/mol. The molecule has 0 amide bonds. The van der Waals surface area contributed by atoms with Gasteiger partial charge >= 0.3 is 5.69 Å². The molecule has 0 aromatic heterocycles. The van der Waals surface area contributed by atoms with Crippen molar-refractivity contribution in [1.29, 1.82) is 0 Å². The van der Waals surface area contributed by atoms with E-state index in [-0.39, 0.29) is 11.1 Å². The first kappa shape index (κ1) is 14.8. The number of rotatable bonds is 7. The molecule has 1 rings (SSSR count). The summed E-state index contributed by atoms with van der Waals surface area (Å²) in [5.41, 5.74) is -0.00919. The number of hydrogen-bond donors (Lipinski definition) is 1. The monoisotopic (exact) mass is 269 g/mol. The zero-order valence-electron chi connectivity index (χ0n) is 10.8. The van der Waals surface area contributed by atoms with Crippen molar-refractivity contribution in [3.8, 4) is 5.75 Å². The Morgan fingerprint density at radius 1 is 1.33 bits per heavy atom. The van der Waals surface area contributed by atoms with Gasteiger partial charge in [0, 0.05) is 11.5 Å². The fourth-order valence-corrected chi connectivity index (χ4v) is 2.22. The molecule has 0 spiro atoms. The largest absolute Gasteiger partial charge is 0.486 e. The van der Waals surface area contributed by atoms with E-state index in [0.717, 1.165) is 12.8 Å². The maximum absolute atomic E-state index is 10.9. The highest BCUT2D eigenvalue weighted by molar-refractivity contribution is 7.80. The van der Waals surface area contributed by atoms with Gasteiger partial charge in [0.1, 0.15) is 0 Å². The van der Waals surface area contributed by atoms with Crippen molar-refractivity contribution in [2.24, 2.45) is 5.41 Å². The Morgan fingerprint density at radius 3 is 2.44 bits per heavy atom. The van der Waals surface area contributed by atoms with Gasteiger partial charge in [-0.1, -0.05) is 26.0 Å². The highest BCUT2D eigenvalue weighted by atomic mass is 32.1. The Bertz CT molecular complexity index is 397. The molecule has 0 bridgehead atoms. The molecule has 100 valence electrons. The van der Waals surface area contributed by atoms with Crippen LogP contribution in [0.3, 0.4) is 0 Å². The molecule has 1 aromatic carbocycles. The van der Waals surface area contributed by atoms with Crippen molar-refractivity contribution in [3.63, 3.8) is 0 Å². The number of nitro groups is 1. The van der Waals surface area contributed by atoms with Crippen LogP contribution >= 0.6 is 12.6 Å². The predicted octanol–water partition coefficient (Wildman–Crippen LogP) is 3.71. The van der Waals surface area contributed by atoms with Crippen molar-refractivity contribution >= 4 is 18.3 Å². The molecule has 0 aliphatic carbocycles. The van der Waals surface area contributed by atoms with E-state index in [0.29, 0.717) is 18.1 Å². The second kappa shape index (κ2) is 6.64. The summed E-state index contributed by atoms with van der Waals surface area (Å²) in [6, 6.07) is 6.46. The summed E-state index contributed by atoms with van der Waals surface area (Å²) in [6.07, 6.45) is 1.88. The minimum atomic E-state index is -0.421. The lowest BCUT2D eigenvalue weighted by Gasteiger charge is -2.29. The summed E-state index contributed by atoms with van der Waals surface area (Å²) in [6.45, 7) is 4.62. The van der Waals surface area contributed by atoms with Gasteiger partial charge in [-0.15, -0.1) is 0 Å². The molecule has 0 unspecified atom stereocenters. The second-order valence-electron chi connectivity index (χ2n) is 4.38. The van der Waals surface area contributed by atoms with E-state index >= 15 is 0 Å². The van der Waals surface area contributed by atoms with Crippen molar-refractivity contribution in [3.05, 3.63) is 34.4 Å². The Labute approximate surface area is 113 Å². The third-order valence-corrected chi connectivity index (χ3v) is 4.10. The quantitative estimate of drug-likeness (QED) is 0.466. The number of hydrogen-bond acceptors (Lipinski definition) is 4. The van der Waals surface area contributed by atoms with E-state index in [1.54, 1.807) is 18.2 Å². The topological polar surface area (TPSA) is 52.4 Å². The summed E-state index contributed by atoms with van der Waals surface area (Å²) in [7, 11) is 0. The molecule has 0 heterocycles. The van der Waals surface area contributed by atoms with Crippen LogP contribution in [0.5, 0.6) is 5.75 Å². The lowest BCUT2D eigenvalue weighted by Crippen LogP contribution is -2.29. The van der Waals surface area contributed by atoms with E-state index < -0.39 is 4.92 Å². The van der Waals surface area contributed by atoms with Crippen LogP contribution in [-0.4, -0.2) is 17.3 Å². The van der Waals surface area contributed by atoms with E-state index in [4.69, 9.17) is 4.74 Å². The first-order valence-electron chi connectivity index (χ1n) is 6.05. The highest BCUT2D eigenvalue weighted by Crippen LogP contribution is 2.32. The highest BCUT2D eigenvalue weighted by Gasteiger charge is 2.26. The zero-order chi connectivity index (χ0) is 13.6. The van der Waals surface area contributed by atoms with Gasteiger partial charge in [0.25, 0.3) is 0 Å². The van der Waals surface area contributed by atoms with E-state index in [9.17, 15) is 10.1 Å². The zero-order valence-corrected chi connectivity index (χ0v) is 11.7. The minimum absolute atomic E-state index is 0.0118. The van der Waals surface area contributed by atoms with Crippen molar-refractivity contribution < 1.29 is 9.66 Å². The lowest BCUT2D eigenvalue weighted by molar-refractivity contribution is -0.386. The Balaban J connectivity index is 2.83. The molecule has 0 radical (unpaired) electrons. The molecule has 0 N–H and O–H groups in total. The maximum atomic E-state index is 10.9. The molecule has 1 aromatic rings. The second-order valence-corrected chi connectivity index (χ2v) is 4.69. The molecule has 0 fully saturated rings. The minimum Gasteiger partial charge on any atom is -0.486 e. The van der Waals surface area contributed by atoms with Gasteiger partial charge in [0.05, 0.1) is 11.5 Å². The van der Waals surface area contributed by atoms with Crippen molar-refractivity contribution in [2.75, 3.05) is 12.4 Å². The third kappa shape index (κ3) is 3.38. The summed E-state index contributed by atoms with van der Waals surface area (Å²) in [5, 5.41) is 10.9. The summed E-state index contributed by atoms with van der Waals surface area (Å²) >= 11 is 4.36. The van der Waals surface area contributed by atoms with Crippen LogP contribution in [0.4, 0.5) is 5.69 Å². The van der Waals surface area contributed by atoms with Gasteiger partial charge in [-0.2, -0.15) is 12.6 Å². The Kier molecular flexibility index (Phi) is 5.47. The van der Waals surface area contributed by atoms with Gasteiger partial charge in [-0.25, -0.2) is 0 Å². The van der Waals surface area contributed by atoms with Crippen LogP contribution in [0.1, 0.15) is 26.7 Å². The van der Waals surface area contributed by atoms with Crippen molar-refractivity contribution in [1.82, 2.24) is 0 Å². The molecule has 0 saturated carbocycles. The van der Waals surface area contributed by atoms with Gasteiger partial charge in [-0.05, 0) is 24.7 Å². The number of thiol groups is 1. The SMILES string of the molecule is CCC(CC)(CS)COc1ccccc1[N+](=O)[O-]. The Morgan fingerprint density at radius 2 is 1.94 bits per heavy atom.